The van der Waals surface area contributed by atoms with E-state index in [-0.39, 0.29) is 18.5 Å². The summed E-state index contributed by atoms with van der Waals surface area (Å²) in [5.74, 6) is -0.0453. The number of amides is 1. The third kappa shape index (κ3) is 55.5. The van der Waals surface area contributed by atoms with Crippen molar-refractivity contribution in [1.29, 1.82) is 0 Å². The molecule has 0 heterocycles. The van der Waals surface area contributed by atoms with Gasteiger partial charge in [0.05, 0.1) is 25.4 Å². The third-order valence-electron chi connectivity index (χ3n) is 14.5. The van der Waals surface area contributed by atoms with Crippen LogP contribution in [0.4, 0.5) is 0 Å². The average molecular weight is 973 g/mol. The fraction of sp³-hybridized carbons (Fsp3) is 0.905. The summed E-state index contributed by atoms with van der Waals surface area (Å²) >= 11 is 0. The molecule has 2 unspecified atom stereocenters. The van der Waals surface area contributed by atoms with Crippen molar-refractivity contribution < 1.29 is 24.5 Å². The molecule has 3 N–H and O–H groups in total. The summed E-state index contributed by atoms with van der Waals surface area (Å²) in [6.45, 7) is 4.96. The first-order valence-electron chi connectivity index (χ1n) is 31.1. The molecule has 0 spiro atoms. The number of ether oxygens (including phenoxy) is 1. The van der Waals surface area contributed by atoms with E-state index in [0.29, 0.717) is 25.9 Å². The monoisotopic (exact) mass is 972 g/mol. The molecular weight excluding hydrogens is 851 g/mol. The number of hydrogen-bond acceptors (Lipinski definition) is 5. The Kier molecular flexibility index (Phi) is 57.5. The van der Waals surface area contributed by atoms with Gasteiger partial charge in [-0.1, -0.05) is 276 Å². The Morgan fingerprint density at radius 2 is 0.681 bits per heavy atom. The van der Waals surface area contributed by atoms with Gasteiger partial charge in [-0.05, 0) is 77.0 Å². The normalized spacial score (nSPS) is 12.7. The molecule has 1 amide bonds. The summed E-state index contributed by atoms with van der Waals surface area (Å²) in [5.41, 5.74) is 0. The van der Waals surface area contributed by atoms with Crippen molar-refractivity contribution in [2.24, 2.45) is 0 Å². The molecule has 0 saturated carbocycles. The predicted octanol–water partition coefficient (Wildman–Crippen LogP) is 19.4. The highest BCUT2D eigenvalue weighted by Crippen LogP contribution is 2.17. The van der Waals surface area contributed by atoms with E-state index in [0.717, 1.165) is 44.9 Å². The predicted molar refractivity (Wildman–Crippen MR) is 301 cm³/mol. The lowest BCUT2D eigenvalue weighted by Gasteiger charge is -2.22. The summed E-state index contributed by atoms with van der Waals surface area (Å²) in [7, 11) is 0. The van der Waals surface area contributed by atoms with Gasteiger partial charge in [-0.25, -0.2) is 0 Å². The van der Waals surface area contributed by atoms with Crippen molar-refractivity contribution in [1.82, 2.24) is 5.32 Å². The molecule has 0 bridgehead atoms. The molecule has 0 aliphatic rings. The lowest BCUT2D eigenvalue weighted by molar-refractivity contribution is -0.143. The van der Waals surface area contributed by atoms with Crippen LogP contribution in [0.15, 0.2) is 24.3 Å². The van der Waals surface area contributed by atoms with Gasteiger partial charge < -0.3 is 20.3 Å². The van der Waals surface area contributed by atoms with Crippen LogP contribution >= 0.6 is 0 Å². The minimum atomic E-state index is -0.671. The van der Waals surface area contributed by atoms with Gasteiger partial charge >= 0.3 is 5.97 Å². The number of carbonyl (C=O) groups is 2. The molecule has 0 aromatic heterocycles. The molecule has 0 radical (unpaired) electrons. The zero-order chi connectivity index (χ0) is 50.0. The SMILES string of the molecule is CCCCCCCCC/C=C\CCCCCCCC(=O)OCCCCCCCCCC/C=C\CCCCCCCCCC(=O)NC(CO)C(O)CCCCCCCCCCCCCCCCCCC. The number of hydrogen-bond donors (Lipinski definition) is 3. The standard InChI is InChI=1S/C63H121NO5/c1-3-5-7-9-11-13-15-17-19-24-27-31-35-39-43-47-51-55-61(66)60(59-65)64-62(67)56-52-48-44-40-36-32-28-25-22-21-23-26-30-34-38-42-46-50-54-58-69-63(68)57-53-49-45-41-37-33-29-20-18-16-14-12-10-8-6-4-2/h20-22,29,60-61,65-66H,3-19,23-28,30-59H2,1-2H3,(H,64,67)/b22-21-,29-20-. The van der Waals surface area contributed by atoms with Gasteiger partial charge in [-0.15, -0.1) is 0 Å². The molecule has 0 aromatic rings. The highest BCUT2D eigenvalue weighted by atomic mass is 16.5. The largest absolute Gasteiger partial charge is 0.466 e. The van der Waals surface area contributed by atoms with Crippen molar-refractivity contribution in [3.05, 3.63) is 24.3 Å². The molecule has 2 atom stereocenters. The fourth-order valence-corrected chi connectivity index (χ4v) is 9.69. The van der Waals surface area contributed by atoms with E-state index in [2.05, 4.69) is 43.5 Å². The summed E-state index contributed by atoms with van der Waals surface area (Å²) in [5, 5.41) is 23.3. The van der Waals surface area contributed by atoms with Gasteiger partial charge in [0.25, 0.3) is 0 Å². The Hall–Kier alpha value is -1.66. The number of aliphatic hydroxyl groups excluding tert-OH is 2. The van der Waals surface area contributed by atoms with Crippen LogP contribution in [-0.4, -0.2) is 47.4 Å². The molecule has 69 heavy (non-hydrogen) atoms. The number of carbonyl (C=O) groups excluding carboxylic acids is 2. The van der Waals surface area contributed by atoms with Crippen LogP contribution < -0.4 is 5.32 Å². The minimum absolute atomic E-state index is 0.00289. The van der Waals surface area contributed by atoms with E-state index in [1.807, 2.05) is 0 Å². The summed E-state index contributed by atoms with van der Waals surface area (Å²) in [6.07, 6.45) is 71.8. The lowest BCUT2D eigenvalue weighted by atomic mass is 10.0. The second-order valence-corrected chi connectivity index (χ2v) is 21.4. The zero-order valence-corrected chi connectivity index (χ0v) is 46.6. The molecule has 0 aliphatic heterocycles. The molecule has 0 fully saturated rings. The van der Waals surface area contributed by atoms with Crippen LogP contribution in [0.25, 0.3) is 0 Å². The van der Waals surface area contributed by atoms with Gasteiger partial charge in [0, 0.05) is 12.8 Å². The average Bonchev–Trinajstić information content (AvgIpc) is 3.35. The lowest BCUT2D eigenvalue weighted by Crippen LogP contribution is -2.45. The van der Waals surface area contributed by atoms with Gasteiger partial charge in [0.15, 0.2) is 0 Å². The topological polar surface area (TPSA) is 95.9 Å². The molecule has 0 saturated heterocycles. The molecule has 6 heteroatoms. The van der Waals surface area contributed by atoms with E-state index >= 15 is 0 Å². The van der Waals surface area contributed by atoms with Crippen LogP contribution in [0.2, 0.25) is 0 Å². The second kappa shape index (κ2) is 58.9. The zero-order valence-electron chi connectivity index (χ0n) is 46.6. The third-order valence-corrected chi connectivity index (χ3v) is 14.5. The molecule has 0 aliphatic carbocycles. The molecule has 6 nitrogen and oxygen atoms in total. The molecular formula is C63H121NO5. The van der Waals surface area contributed by atoms with Gasteiger partial charge in [0.2, 0.25) is 5.91 Å². The van der Waals surface area contributed by atoms with E-state index in [1.54, 1.807) is 0 Å². The first-order valence-corrected chi connectivity index (χ1v) is 31.1. The number of unbranched alkanes of at least 4 members (excludes halogenated alkanes) is 43. The Morgan fingerprint density at radius 1 is 0.391 bits per heavy atom. The van der Waals surface area contributed by atoms with E-state index < -0.39 is 12.1 Å². The van der Waals surface area contributed by atoms with E-state index in [1.165, 1.54) is 263 Å². The minimum Gasteiger partial charge on any atom is -0.466 e. The van der Waals surface area contributed by atoms with Gasteiger partial charge in [0.1, 0.15) is 0 Å². The fourth-order valence-electron chi connectivity index (χ4n) is 9.69. The molecule has 0 rings (SSSR count). The number of aliphatic hydroxyl groups is 2. The number of esters is 1. The maximum Gasteiger partial charge on any atom is 0.305 e. The van der Waals surface area contributed by atoms with Gasteiger partial charge in [-0.3, -0.25) is 9.59 Å². The first kappa shape index (κ1) is 67.3. The van der Waals surface area contributed by atoms with Crippen LogP contribution in [0, 0.1) is 0 Å². The van der Waals surface area contributed by atoms with Crippen LogP contribution in [0.3, 0.4) is 0 Å². The summed E-state index contributed by atoms with van der Waals surface area (Å²) in [4.78, 5) is 24.6. The quantitative estimate of drug-likeness (QED) is 0.0321. The Morgan fingerprint density at radius 3 is 1.03 bits per heavy atom. The Balaban J connectivity index is 3.43. The highest BCUT2D eigenvalue weighted by Gasteiger charge is 2.20. The summed E-state index contributed by atoms with van der Waals surface area (Å²) in [6, 6.07) is -0.549. The molecule has 408 valence electrons. The highest BCUT2D eigenvalue weighted by molar-refractivity contribution is 5.76. The number of nitrogens with one attached hydrogen (secondary N) is 1. The van der Waals surface area contributed by atoms with Crippen molar-refractivity contribution >= 4 is 11.9 Å². The smallest absolute Gasteiger partial charge is 0.305 e. The van der Waals surface area contributed by atoms with Crippen LogP contribution in [0.1, 0.15) is 341 Å². The van der Waals surface area contributed by atoms with Crippen molar-refractivity contribution in [2.45, 2.75) is 353 Å². The number of rotatable bonds is 58. The van der Waals surface area contributed by atoms with Gasteiger partial charge in [-0.2, -0.15) is 0 Å². The Bertz CT molecular complexity index is 1080. The maximum atomic E-state index is 12.5. The molecule has 0 aromatic carbocycles. The van der Waals surface area contributed by atoms with Crippen molar-refractivity contribution in [3.63, 3.8) is 0 Å². The Labute approximate surface area is 431 Å². The van der Waals surface area contributed by atoms with E-state index in [9.17, 15) is 19.8 Å². The maximum absolute atomic E-state index is 12.5. The van der Waals surface area contributed by atoms with Crippen LogP contribution in [-0.2, 0) is 14.3 Å². The number of allylic oxidation sites excluding steroid dienone is 4. The first-order chi connectivity index (χ1) is 34.0. The van der Waals surface area contributed by atoms with Crippen molar-refractivity contribution in [3.8, 4) is 0 Å². The second-order valence-electron chi connectivity index (χ2n) is 21.4. The summed E-state index contributed by atoms with van der Waals surface area (Å²) < 4.78 is 5.48. The van der Waals surface area contributed by atoms with Crippen molar-refractivity contribution in [2.75, 3.05) is 13.2 Å². The van der Waals surface area contributed by atoms with E-state index in [4.69, 9.17) is 4.74 Å². The van der Waals surface area contributed by atoms with Crippen LogP contribution in [0.5, 0.6) is 0 Å².